The van der Waals surface area contributed by atoms with E-state index < -0.39 is 0 Å². The molecule has 0 bridgehead atoms. The van der Waals surface area contributed by atoms with Crippen LogP contribution in [-0.4, -0.2) is 23.2 Å². The first-order valence-electron chi connectivity index (χ1n) is 4.33. The molecule has 0 atom stereocenters. The van der Waals surface area contributed by atoms with Gasteiger partial charge in [-0.1, -0.05) is 12.1 Å². The van der Waals surface area contributed by atoms with Crippen LogP contribution in [0.1, 0.15) is 25.1 Å². The van der Waals surface area contributed by atoms with Crippen LogP contribution in [-0.2, 0) is 6.42 Å². The highest BCUT2D eigenvalue weighted by molar-refractivity contribution is 4.83. The van der Waals surface area contributed by atoms with Crippen LogP contribution in [0.3, 0.4) is 0 Å². The summed E-state index contributed by atoms with van der Waals surface area (Å²) in [6.07, 6.45) is 1.98. The topological polar surface area (TPSA) is 51.0 Å². The molecule has 1 N–H and O–H groups in total. The Labute approximate surface area is 72.4 Å². The number of aromatic nitrogens is 2. The van der Waals surface area contributed by atoms with Crippen molar-refractivity contribution in [2.24, 2.45) is 0 Å². The second-order valence-corrected chi connectivity index (χ2v) is 2.74. The summed E-state index contributed by atoms with van der Waals surface area (Å²) in [6.45, 7) is 5.93. The Morgan fingerprint density at radius 2 is 2.25 bits per heavy atom. The van der Waals surface area contributed by atoms with Gasteiger partial charge in [0.1, 0.15) is 0 Å². The Balaban J connectivity index is 2.15. The van der Waals surface area contributed by atoms with Crippen molar-refractivity contribution >= 4 is 0 Å². The summed E-state index contributed by atoms with van der Waals surface area (Å²) in [5.74, 6) is 1.43. The van der Waals surface area contributed by atoms with E-state index in [4.69, 9.17) is 4.52 Å². The lowest BCUT2D eigenvalue weighted by molar-refractivity contribution is 0.372. The van der Waals surface area contributed by atoms with Crippen molar-refractivity contribution in [1.82, 2.24) is 15.5 Å². The normalized spacial score (nSPS) is 10.5. The predicted octanol–water partition coefficient (Wildman–Crippen LogP) is 0.920. The molecule has 1 heterocycles. The Hall–Kier alpha value is -0.900. The molecule has 68 valence electrons. The number of hydrogen-bond acceptors (Lipinski definition) is 4. The maximum Gasteiger partial charge on any atom is 0.227 e. The van der Waals surface area contributed by atoms with Gasteiger partial charge in [0.15, 0.2) is 5.82 Å². The molecule has 0 aromatic carbocycles. The van der Waals surface area contributed by atoms with E-state index in [0.717, 1.165) is 31.8 Å². The molecule has 0 spiro atoms. The molecule has 0 fully saturated rings. The Bertz CT molecular complexity index is 222. The van der Waals surface area contributed by atoms with Gasteiger partial charge in [0, 0.05) is 13.0 Å². The maximum absolute atomic E-state index is 4.94. The molecule has 4 heteroatoms. The zero-order valence-electron chi connectivity index (χ0n) is 7.63. The minimum atomic E-state index is 0.709. The fourth-order valence-electron chi connectivity index (χ4n) is 0.939. The summed E-state index contributed by atoms with van der Waals surface area (Å²) in [4.78, 5) is 4.09. The van der Waals surface area contributed by atoms with E-state index in [-0.39, 0.29) is 0 Å². The van der Waals surface area contributed by atoms with Gasteiger partial charge in [0.05, 0.1) is 0 Å². The fourth-order valence-corrected chi connectivity index (χ4v) is 0.939. The van der Waals surface area contributed by atoms with Gasteiger partial charge >= 0.3 is 0 Å². The standard InChI is InChI=1S/C8H15N3O/c1-3-5-9-6-4-8-10-7(2)11-12-8/h9H,3-6H2,1-2H3. The molecule has 0 saturated carbocycles. The lowest BCUT2D eigenvalue weighted by Gasteiger charge is -1.97. The molecule has 1 rings (SSSR count). The van der Waals surface area contributed by atoms with Gasteiger partial charge in [-0.3, -0.25) is 0 Å². The summed E-state index contributed by atoms with van der Waals surface area (Å²) < 4.78 is 4.94. The van der Waals surface area contributed by atoms with Gasteiger partial charge in [-0.25, -0.2) is 0 Å². The molecule has 0 aliphatic rings. The van der Waals surface area contributed by atoms with Crippen molar-refractivity contribution in [2.45, 2.75) is 26.7 Å². The highest BCUT2D eigenvalue weighted by Gasteiger charge is 2.00. The van der Waals surface area contributed by atoms with Crippen LogP contribution < -0.4 is 5.32 Å². The average molecular weight is 169 g/mol. The smallest absolute Gasteiger partial charge is 0.227 e. The van der Waals surface area contributed by atoms with E-state index in [1.54, 1.807) is 0 Å². The molecule has 4 nitrogen and oxygen atoms in total. The Kier molecular flexibility index (Phi) is 3.73. The van der Waals surface area contributed by atoms with Crippen molar-refractivity contribution in [3.05, 3.63) is 11.7 Å². The van der Waals surface area contributed by atoms with Gasteiger partial charge < -0.3 is 9.84 Å². The molecular formula is C8H15N3O. The molecular weight excluding hydrogens is 154 g/mol. The lowest BCUT2D eigenvalue weighted by Crippen LogP contribution is -2.17. The van der Waals surface area contributed by atoms with Gasteiger partial charge in [-0.2, -0.15) is 4.98 Å². The lowest BCUT2D eigenvalue weighted by atomic mass is 10.4. The van der Waals surface area contributed by atoms with E-state index in [2.05, 4.69) is 22.4 Å². The van der Waals surface area contributed by atoms with E-state index in [1.807, 2.05) is 6.92 Å². The first-order chi connectivity index (χ1) is 5.83. The fraction of sp³-hybridized carbons (Fsp3) is 0.750. The van der Waals surface area contributed by atoms with Crippen LogP contribution >= 0.6 is 0 Å². The minimum absolute atomic E-state index is 0.709. The van der Waals surface area contributed by atoms with Crippen molar-refractivity contribution in [3.63, 3.8) is 0 Å². The molecule has 0 radical (unpaired) electrons. The second-order valence-electron chi connectivity index (χ2n) is 2.74. The monoisotopic (exact) mass is 169 g/mol. The van der Waals surface area contributed by atoms with Crippen molar-refractivity contribution in [2.75, 3.05) is 13.1 Å². The van der Waals surface area contributed by atoms with Gasteiger partial charge in [0.25, 0.3) is 0 Å². The molecule has 1 aromatic rings. The van der Waals surface area contributed by atoms with Gasteiger partial charge in [-0.15, -0.1) is 0 Å². The zero-order chi connectivity index (χ0) is 8.81. The zero-order valence-corrected chi connectivity index (χ0v) is 7.63. The summed E-state index contributed by atoms with van der Waals surface area (Å²) >= 11 is 0. The van der Waals surface area contributed by atoms with Gasteiger partial charge in [0.2, 0.25) is 5.89 Å². The first-order valence-corrected chi connectivity index (χ1v) is 4.33. The second kappa shape index (κ2) is 4.87. The van der Waals surface area contributed by atoms with E-state index in [9.17, 15) is 0 Å². The molecule has 1 aromatic heterocycles. The number of rotatable bonds is 5. The molecule has 0 aliphatic heterocycles. The van der Waals surface area contributed by atoms with E-state index >= 15 is 0 Å². The first kappa shape index (κ1) is 9.19. The quantitative estimate of drug-likeness (QED) is 0.666. The summed E-state index contributed by atoms with van der Waals surface area (Å²) in [5, 5.41) is 6.97. The Morgan fingerprint density at radius 3 is 2.83 bits per heavy atom. The summed E-state index contributed by atoms with van der Waals surface area (Å²) in [6, 6.07) is 0. The minimum Gasteiger partial charge on any atom is -0.339 e. The van der Waals surface area contributed by atoms with Crippen molar-refractivity contribution < 1.29 is 4.52 Å². The van der Waals surface area contributed by atoms with E-state index in [0.29, 0.717) is 5.82 Å². The molecule has 0 unspecified atom stereocenters. The number of nitrogens with zero attached hydrogens (tertiary/aromatic N) is 2. The Morgan fingerprint density at radius 1 is 1.42 bits per heavy atom. The molecule has 0 amide bonds. The largest absolute Gasteiger partial charge is 0.339 e. The number of hydrogen-bond donors (Lipinski definition) is 1. The average Bonchev–Trinajstić information content (AvgIpc) is 2.45. The molecule has 12 heavy (non-hydrogen) atoms. The van der Waals surface area contributed by atoms with Crippen LogP contribution in [0.25, 0.3) is 0 Å². The van der Waals surface area contributed by atoms with Crippen LogP contribution in [0.15, 0.2) is 4.52 Å². The summed E-state index contributed by atoms with van der Waals surface area (Å²) in [7, 11) is 0. The van der Waals surface area contributed by atoms with Gasteiger partial charge in [-0.05, 0) is 19.9 Å². The van der Waals surface area contributed by atoms with Crippen LogP contribution in [0.4, 0.5) is 0 Å². The highest BCUT2D eigenvalue weighted by Crippen LogP contribution is 1.95. The number of aryl methyl sites for hydroxylation is 1. The van der Waals surface area contributed by atoms with Crippen LogP contribution in [0.2, 0.25) is 0 Å². The SMILES string of the molecule is CCCNCCc1nc(C)no1. The van der Waals surface area contributed by atoms with Crippen LogP contribution in [0.5, 0.6) is 0 Å². The van der Waals surface area contributed by atoms with Crippen LogP contribution in [0, 0.1) is 6.92 Å². The highest BCUT2D eigenvalue weighted by atomic mass is 16.5. The number of nitrogens with one attached hydrogen (secondary N) is 1. The third kappa shape index (κ3) is 3.00. The third-order valence-corrected chi connectivity index (χ3v) is 1.51. The van der Waals surface area contributed by atoms with Crippen molar-refractivity contribution in [3.8, 4) is 0 Å². The molecule has 0 saturated heterocycles. The summed E-state index contributed by atoms with van der Waals surface area (Å²) in [5.41, 5.74) is 0. The molecule has 0 aliphatic carbocycles. The van der Waals surface area contributed by atoms with Crippen molar-refractivity contribution in [1.29, 1.82) is 0 Å². The predicted molar refractivity (Wildman–Crippen MR) is 45.9 cm³/mol. The van der Waals surface area contributed by atoms with E-state index in [1.165, 1.54) is 0 Å². The third-order valence-electron chi connectivity index (χ3n) is 1.51. The maximum atomic E-state index is 4.94.